The highest BCUT2D eigenvalue weighted by Crippen LogP contribution is 1.68. The van der Waals surface area contributed by atoms with Gasteiger partial charge in [-0.05, 0) is 11.6 Å². The van der Waals surface area contributed by atoms with Gasteiger partial charge in [-0.15, -0.1) is 0 Å². The maximum Gasteiger partial charge on any atom is 0.385 e. The van der Waals surface area contributed by atoms with Crippen LogP contribution in [0.3, 0.4) is 0 Å². The summed E-state index contributed by atoms with van der Waals surface area (Å²) in [6.45, 7) is 0. The molecule has 0 atom stereocenters. The Balaban J connectivity index is 3.52. The van der Waals surface area contributed by atoms with Crippen molar-refractivity contribution in [3.05, 3.63) is 0 Å². The molecular weight excluding hydrogens is 115 g/mol. The van der Waals surface area contributed by atoms with Crippen molar-refractivity contribution in [2.24, 2.45) is 0 Å². The monoisotopic (exact) mass is 118 g/mol. The number of ether oxygens (including phenoxy) is 1. The summed E-state index contributed by atoms with van der Waals surface area (Å²) in [6.07, 6.45) is 0. The molecule has 0 aromatic heterocycles. The zero-order valence-electron chi connectivity index (χ0n) is 3.69. The molecule has 0 bridgehead atoms. The lowest BCUT2D eigenvalue weighted by Gasteiger charge is -1.80. The number of rotatable bonds is 0. The molecule has 0 radical (unpaired) electrons. The summed E-state index contributed by atoms with van der Waals surface area (Å²) < 4.78 is 4.09. The largest absolute Gasteiger partial charge is 0.459 e. The Hall–Kier alpha value is -0.680. The molecule has 0 saturated heterocycles. The van der Waals surface area contributed by atoms with Crippen molar-refractivity contribution in [3.63, 3.8) is 0 Å². The van der Waals surface area contributed by atoms with Gasteiger partial charge in [0, 0.05) is 11.3 Å². The van der Waals surface area contributed by atoms with E-state index in [1.165, 1.54) is 7.11 Å². The predicted octanol–water partition coefficient (Wildman–Crippen LogP) is 0.359. The van der Waals surface area contributed by atoms with Gasteiger partial charge in [0.25, 0.3) is 0 Å². The lowest BCUT2D eigenvalue weighted by atomic mass is 10.7. The van der Waals surface area contributed by atoms with E-state index in [-0.39, 0.29) is 0 Å². The molecule has 0 N–H and O–H groups in total. The van der Waals surface area contributed by atoms with Crippen LogP contribution in [-0.2, 0) is 9.53 Å². The number of carbonyl (C=O) groups excluding carboxylic acids is 1. The molecule has 0 aromatic rings. The van der Waals surface area contributed by atoms with Crippen LogP contribution in [0.25, 0.3) is 0 Å². The molecule has 0 amide bonds. The average molecular weight is 119 g/mol. The molecular formula is C4H3ClO2. The second kappa shape index (κ2) is 3.51. The number of halogens is 1. The summed E-state index contributed by atoms with van der Waals surface area (Å²) in [6, 6.07) is 0. The molecule has 0 aromatic carbocycles. The van der Waals surface area contributed by atoms with Gasteiger partial charge in [-0.25, -0.2) is 4.79 Å². The van der Waals surface area contributed by atoms with Crippen LogP contribution in [0.15, 0.2) is 0 Å². The molecule has 0 fully saturated rings. The van der Waals surface area contributed by atoms with Crippen LogP contribution in [0, 0.1) is 11.3 Å². The first-order valence-corrected chi connectivity index (χ1v) is 1.88. The Kier molecular flexibility index (Phi) is 3.17. The van der Waals surface area contributed by atoms with Crippen LogP contribution in [0.5, 0.6) is 0 Å². The van der Waals surface area contributed by atoms with Crippen LogP contribution in [-0.4, -0.2) is 13.1 Å². The molecule has 0 unspecified atom stereocenters. The second-order valence-corrected chi connectivity index (χ2v) is 0.900. The number of esters is 1. The van der Waals surface area contributed by atoms with E-state index in [0.717, 1.165) is 0 Å². The molecule has 38 valence electrons. The number of carbonyl (C=O) groups is 1. The number of hydrogen-bond acceptors (Lipinski definition) is 2. The van der Waals surface area contributed by atoms with Gasteiger partial charge in [-0.2, -0.15) is 0 Å². The Morgan fingerprint density at radius 2 is 2.43 bits per heavy atom. The van der Waals surface area contributed by atoms with E-state index in [2.05, 4.69) is 4.74 Å². The minimum Gasteiger partial charge on any atom is -0.459 e. The summed E-state index contributed by atoms with van der Waals surface area (Å²) in [4.78, 5) is 9.93. The van der Waals surface area contributed by atoms with E-state index in [9.17, 15) is 4.79 Å². The van der Waals surface area contributed by atoms with Gasteiger partial charge in [0.05, 0.1) is 7.11 Å². The zero-order valence-corrected chi connectivity index (χ0v) is 4.45. The van der Waals surface area contributed by atoms with Gasteiger partial charge in [0.15, 0.2) is 0 Å². The second-order valence-electron chi connectivity index (χ2n) is 0.711. The van der Waals surface area contributed by atoms with Crippen molar-refractivity contribution >= 4 is 17.6 Å². The number of hydrogen-bond donors (Lipinski definition) is 0. The maximum absolute atomic E-state index is 9.93. The Morgan fingerprint density at radius 1 is 1.86 bits per heavy atom. The normalized spacial score (nSPS) is 6.00. The molecule has 3 heteroatoms. The van der Waals surface area contributed by atoms with Crippen molar-refractivity contribution in [3.8, 4) is 11.3 Å². The topological polar surface area (TPSA) is 26.3 Å². The Labute approximate surface area is 46.4 Å². The third-order valence-corrected chi connectivity index (χ3v) is 0.429. The molecule has 0 saturated carbocycles. The summed E-state index contributed by atoms with van der Waals surface area (Å²) in [7, 11) is 1.24. The van der Waals surface area contributed by atoms with Crippen molar-refractivity contribution < 1.29 is 9.53 Å². The van der Waals surface area contributed by atoms with Crippen molar-refractivity contribution in [2.75, 3.05) is 7.11 Å². The summed E-state index contributed by atoms with van der Waals surface area (Å²) in [5, 5.41) is 1.87. The smallest absolute Gasteiger partial charge is 0.385 e. The molecule has 2 nitrogen and oxygen atoms in total. The summed E-state index contributed by atoms with van der Waals surface area (Å²) >= 11 is 4.81. The minimum absolute atomic E-state index is 0.616. The maximum atomic E-state index is 9.93. The quantitative estimate of drug-likeness (QED) is 0.339. The Morgan fingerprint density at radius 3 is 2.57 bits per heavy atom. The highest BCUT2D eigenvalue weighted by Gasteiger charge is 1.85. The van der Waals surface area contributed by atoms with Gasteiger partial charge >= 0.3 is 5.97 Å². The fraction of sp³-hybridized carbons (Fsp3) is 0.250. The van der Waals surface area contributed by atoms with Crippen LogP contribution < -0.4 is 0 Å². The number of methoxy groups -OCH3 is 1. The Bertz CT molecular complexity index is 119. The predicted molar refractivity (Wildman–Crippen MR) is 25.6 cm³/mol. The molecule has 0 aliphatic carbocycles. The van der Waals surface area contributed by atoms with E-state index in [1.54, 1.807) is 0 Å². The molecule has 0 rings (SSSR count). The minimum atomic E-state index is -0.616. The first-order chi connectivity index (χ1) is 3.31. The van der Waals surface area contributed by atoms with Crippen LogP contribution in [0.4, 0.5) is 0 Å². The molecule has 0 aliphatic rings. The summed E-state index contributed by atoms with van der Waals surface area (Å²) in [5.74, 6) is 1.33. The average Bonchev–Trinajstić information content (AvgIpc) is 1.68. The van der Waals surface area contributed by atoms with Crippen LogP contribution >= 0.6 is 11.6 Å². The lowest BCUT2D eigenvalue weighted by molar-refractivity contribution is -0.133. The summed E-state index contributed by atoms with van der Waals surface area (Å²) in [5.41, 5.74) is 0. The lowest BCUT2D eigenvalue weighted by Crippen LogP contribution is -1.93. The fourth-order valence-electron chi connectivity index (χ4n) is 0.0896. The fourth-order valence-corrected chi connectivity index (χ4v) is 0.167. The van der Waals surface area contributed by atoms with Crippen LogP contribution in [0.2, 0.25) is 0 Å². The van der Waals surface area contributed by atoms with E-state index < -0.39 is 5.97 Å². The first kappa shape index (κ1) is 6.32. The van der Waals surface area contributed by atoms with E-state index in [1.807, 2.05) is 11.3 Å². The zero-order chi connectivity index (χ0) is 5.70. The molecule has 7 heavy (non-hydrogen) atoms. The molecule has 0 spiro atoms. The first-order valence-electron chi connectivity index (χ1n) is 1.51. The van der Waals surface area contributed by atoms with Crippen LogP contribution in [0.1, 0.15) is 0 Å². The van der Waals surface area contributed by atoms with Gasteiger partial charge < -0.3 is 4.74 Å². The van der Waals surface area contributed by atoms with Gasteiger partial charge in [0.2, 0.25) is 0 Å². The van der Waals surface area contributed by atoms with Gasteiger partial charge in [-0.3, -0.25) is 0 Å². The van der Waals surface area contributed by atoms with E-state index in [4.69, 9.17) is 11.6 Å². The SMILES string of the molecule is COC(=O)C#CCl. The third-order valence-electron chi connectivity index (χ3n) is 0.335. The van der Waals surface area contributed by atoms with Gasteiger partial charge in [-0.1, -0.05) is 0 Å². The van der Waals surface area contributed by atoms with Crippen molar-refractivity contribution in [2.45, 2.75) is 0 Å². The standard InChI is InChI=1S/C4H3ClO2/c1-7-4(6)2-3-5/h1H3. The third kappa shape index (κ3) is 3.14. The van der Waals surface area contributed by atoms with Crippen molar-refractivity contribution in [1.29, 1.82) is 0 Å². The van der Waals surface area contributed by atoms with E-state index in [0.29, 0.717) is 0 Å². The molecule has 0 aliphatic heterocycles. The highest BCUT2D eigenvalue weighted by atomic mass is 35.5. The van der Waals surface area contributed by atoms with Crippen molar-refractivity contribution in [1.82, 2.24) is 0 Å². The molecule has 0 heterocycles. The highest BCUT2D eigenvalue weighted by molar-refractivity contribution is 6.31. The van der Waals surface area contributed by atoms with E-state index >= 15 is 0 Å². The van der Waals surface area contributed by atoms with Gasteiger partial charge in [0.1, 0.15) is 0 Å².